The predicted octanol–water partition coefficient (Wildman–Crippen LogP) is 4.62. The summed E-state index contributed by atoms with van der Waals surface area (Å²) in [5, 5.41) is 0. The summed E-state index contributed by atoms with van der Waals surface area (Å²) in [5.41, 5.74) is 7.04. The van der Waals surface area contributed by atoms with Crippen molar-refractivity contribution in [3.05, 3.63) is 35.4 Å². The molecule has 2 aromatic rings. The van der Waals surface area contributed by atoms with Gasteiger partial charge in [-0.25, -0.2) is 8.42 Å². The van der Waals surface area contributed by atoms with Crippen molar-refractivity contribution < 1.29 is 36.8 Å². The van der Waals surface area contributed by atoms with Crippen molar-refractivity contribution in [3.63, 3.8) is 0 Å². The molecule has 3 rings (SSSR count). The average molecular weight is 562 g/mol. The van der Waals surface area contributed by atoms with Crippen molar-refractivity contribution in [2.75, 3.05) is 46.8 Å². The summed E-state index contributed by atoms with van der Waals surface area (Å²) in [7, 11) is 1.06. The second kappa shape index (κ2) is 14.3. The van der Waals surface area contributed by atoms with Gasteiger partial charge in [0, 0.05) is 0 Å². The van der Waals surface area contributed by atoms with E-state index in [1.807, 2.05) is 26.0 Å². The third-order valence-electron chi connectivity index (χ3n) is 6.28. The fraction of sp³-hybridized carbons (Fsp3) is 0.517. The largest absolute Gasteiger partial charge is 0.493 e. The van der Waals surface area contributed by atoms with Gasteiger partial charge in [0.25, 0.3) is 0 Å². The van der Waals surface area contributed by atoms with Crippen molar-refractivity contribution in [2.45, 2.75) is 56.6 Å². The van der Waals surface area contributed by atoms with E-state index in [4.69, 9.17) is 34.2 Å². The Morgan fingerprint density at radius 1 is 0.846 bits per heavy atom. The van der Waals surface area contributed by atoms with Gasteiger partial charge >= 0.3 is 0 Å². The molecule has 0 aromatic heterocycles. The van der Waals surface area contributed by atoms with Crippen molar-refractivity contribution >= 4 is 9.84 Å². The molecular formula is C29H39NO8S. The molecular weight excluding hydrogens is 522 g/mol. The Morgan fingerprint density at radius 3 is 2.00 bits per heavy atom. The van der Waals surface area contributed by atoms with Crippen LogP contribution in [-0.4, -0.2) is 55.3 Å². The minimum Gasteiger partial charge on any atom is -0.493 e. The molecule has 10 heteroatoms. The van der Waals surface area contributed by atoms with Gasteiger partial charge < -0.3 is 34.2 Å². The summed E-state index contributed by atoms with van der Waals surface area (Å²) in [6, 6.07) is 7.20. The number of sulfone groups is 1. The summed E-state index contributed by atoms with van der Waals surface area (Å²) in [5.74, 6) is 7.70. The first-order valence-electron chi connectivity index (χ1n) is 13.1. The van der Waals surface area contributed by atoms with Gasteiger partial charge in [0.2, 0.25) is 5.75 Å². The van der Waals surface area contributed by atoms with Crippen LogP contribution in [-0.2, 0) is 14.6 Å². The molecule has 39 heavy (non-hydrogen) atoms. The van der Waals surface area contributed by atoms with Gasteiger partial charge in [0.15, 0.2) is 32.8 Å². The SMILES string of the molecule is CCCOc1c(OCC#CCN)cc([C@H]2CC[C@H](c3cc(OC)c(OC)c(OC)c3)O2)cc1S(=O)(=O)CCC. The van der Waals surface area contributed by atoms with E-state index < -0.39 is 9.84 Å². The van der Waals surface area contributed by atoms with Crippen LogP contribution in [0.25, 0.3) is 0 Å². The normalized spacial score (nSPS) is 16.8. The molecule has 0 aliphatic carbocycles. The van der Waals surface area contributed by atoms with E-state index in [-0.39, 0.29) is 41.8 Å². The van der Waals surface area contributed by atoms with Crippen LogP contribution in [0.3, 0.4) is 0 Å². The zero-order valence-corrected chi connectivity index (χ0v) is 24.2. The van der Waals surface area contributed by atoms with Gasteiger partial charge in [-0.15, -0.1) is 0 Å². The Balaban J connectivity index is 2.02. The number of hydrogen-bond donors (Lipinski definition) is 1. The molecule has 1 fully saturated rings. The minimum atomic E-state index is -3.64. The Labute approximate surface area is 231 Å². The maximum Gasteiger partial charge on any atom is 0.203 e. The van der Waals surface area contributed by atoms with Crippen molar-refractivity contribution in [2.24, 2.45) is 5.73 Å². The van der Waals surface area contributed by atoms with Crippen LogP contribution in [0.1, 0.15) is 62.9 Å². The zero-order valence-electron chi connectivity index (χ0n) is 23.4. The predicted molar refractivity (Wildman–Crippen MR) is 149 cm³/mol. The monoisotopic (exact) mass is 561 g/mol. The maximum atomic E-state index is 13.3. The number of nitrogens with two attached hydrogens (primary N) is 1. The number of rotatable bonds is 13. The van der Waals surface area contributed by atoms with Gasteiger partial charge in [-0.05, 0) is 61.1 Å². The standard InChI is InChI=1S/C29H39NO8S/c1-6-13-37-29-26(36-14-9-8-12-30)18-21(19-27(29)39(31,32)15-7-2)23-11-10-22(38-23)20-16-24(33-3)28(35-5)25(17-20)34-4/h16-19,22-23H,6-7,10-15,30H2,1-5H3/t22-,23-/m1/s1. The van der Waals surface area contributed by atoms with E-state index >= 15 is 0 Å². The van der Waals surface area contributed by atoms with Gasteiger partial charge in [0.05, 0.1) is 52.4 Å². The van der Waals surface area contributed by atoms with Gasteiger partial charge in [-0.1, -0.05) is 25.7 Å². The molecule has 0 bridgehead atoms. The van der Waals surface area contributed by atoms with Crippen LogP contribution in [0.15, 0.2) is 29.2 Å². The Hall–Kier alpha value is -3.13. The highest BCUT2D eigenvalue weighted by Crippen LogP contribution is 2.48. The lowest BCUT2D eigenvalue weighted by molar-refractivity contribution is 0.0435. The van der Waals surface area contributed by atoms with E-state index in [9.17, 15) is 8.42 Å². The number of hydrogen-bond acceptors (Lipinski definition) is 9. The molecule has 2 N–H and O–H groups in total. The van der Waals surface area contributed by atoms with Crippen LogP contribution in [0.4, 0.5) is 0 Å². The van der Waals surface area contributed by atoms with E-state index in [0.29, 0.717) is 60.9 Å². The Morgan fingerprint density at radius 2 is 1.46 bits per heavy atom. The van der Waals surface area contributed by atoms with Crippen molar-refractivity contribution in [3.8, 4) is 40.6 Å². The summed E-state index contributed by atoms with van der Waals surface area (Å²) in [6.45, 7) is 4.39. The van der Waals surface area contributed by atoms with E-state index in [0.717, 1.165) is 5.56 Å². The molecule has 0 saturated carbocycles. The highest BCUT2D eigenvalue weighted by Gasteiger charge is 2.32. The lowest BCUT2D eigenvalue weighted by Crippen LogP contribution is -2.12. The first-order valence-corrected chi connectivity index (χ1v) is 14.8. The molecule has 9 nitrogen and oxygen atoms in total. The average Bonchev–Trinajstić information content (AvgIpc) is 3.43. The quantitative estimate of drug-likeness (QED) is 0.350. The molecule has 2 aromatic carbocycles. The molecule has 0 spiro atoms. The molecule has 1 saturated heterocycles. The van der Waals surface area contributed by atoms with E-state index in [1.165, 1.54) is 0 Å². The molecule has 1 aliphatic heterocycles. The summed E-state index contributed by atoms with van der Waals surface area (Å²) in [6.07, 6.45) is 1.96. The lowest BCUT2D eigenvalue weighted by atomic mass is 10.0. The van der Waals surface area contributed by atoms with Crippen LogP contribution < -0.4 is 29.4 Å². The lowest BCUT2D eigenvalue weighted by Gasteiger charge is -2.21. The van der Waals surface area contributed by atoms with Crippen molar-refractivity contribution in [1.29, 1.82) is 0 Å². The van der Waals surface area contributed by atoms with E-state index in [2.05, 4.69) is 11.8 Å². The van der Waals surface area contributed by atoms with Crippen LogP contribution >= 0.6 is 0 Å². The molecule has 0 amide bonds. The molecule has 0 radical (unpaired) electrons. The second-order valence-electron chi connectivity index (χ2n) is 9.01. The smallest absolute Gasteiger partial charge is 0.203 e. The van der Waals surface area contributed by atoms with Gasteiger partial charge in [-0.2, -0.15) is 0 Å². The first-order chi connectivity index (χ1) is 18.8. The third kappa shape index (κ3) is 7.29. The van der Waals surface area contributed by atoms with E-state index in [1.54, 1.807) is 33.5 Å². The van der Waals surface area contributed by atoms with Crippen LogP contribution in [0.5, 0.6) is 28.7 Å². The molecule has 214 valence electrons. The third-order valence-corrected chi connectivity index (χ3v) is 8.20. The summed E-state index contributed by atoms with van der Waals surface area (Å²) in [4.78, 5) is 0.108. The minimum absolute atomic E-state index is 0.00898. The van der Waals surface area contributed by atoms with Crippen LogP contribution in [0.2, 0.25) is 0 Å². The molecule has 1 aliphatic rings. The second-order valence-corrected chi connectivity index (χ2v) is 11.1. The fourth-order valence-corrected chi connectivity index (χ4v) is 6.01. The number of methoxy groups -OCH3 is 3. The number of ether oxygens (including phenoxy) is 6. The first kappa shape index (κ1) is 30.4. The van der Waals surface area contributed by atoms with Crippen molar-refractivity contribution in [1.82, 2.24) is 0 Å². The summed E-state index contributed by atoms with van der Waals surface area (Å²) < 4.78 is 61.5. The maximum absolute atomic E-state index is 13.3. The zero-order chi connectivity index (χ0) is 28.4. The van der Waals surface area contributed by atoms with Crippen LogP contribution in [0, 0.1) is 11.8 Å². The molecule has 2 atom stereocenters. The Bertz CT molecular complexity index is 1260. The number of benzene rings is 2. The highest BCUT2D eigenvalue weighted by atomic mass is 32.2. The van der Waals surface area contributed by atoms with Gasteiger partial charge in [-0.3, -0.25) is 0 Å². The molecule has 0 unspecified atom stereocenters. The summed E-state index contributed by atoms with van der Waals surface area (Å²) >= 11 is 0. The fourth-order valence-electron chi connectivity index (χ4n) is 4.50. The topological polar surface area (TPSA) is 116 Å². The van der Waals surface area contributed by atoms with Gasteiger partial charge in [0.1, 0.15) is 11.5 Å². The highest BCUT2D eigenvalue weighted by molar-refractivity contribution is 7.91. The Kier molecular flexibility index (Phi) is 11.2. The molecule has 1 heterocycles.